The molecule has 0 saturated carbocycles. The molecule has 0 aliphatic carbocycles. The van der Waals surface area contributed by atoms with E-state index < -0.39 is 23.6 Å². The van der Waals surface area contributed by atoms with Crippen molar-refractivity contribution in [3.8, 4) is 0 Å². The predicted octanol–water partition coefficient (Wildman–Crippen LogP) is 3.46. The van der Waals surface area contributed by atoms with Gasteiger partial charge in [0, 0.05) is 32.0 Å². The number of amides is 2. The highest BCUT2D eigenvalue weighted by molar-refractivity contribution is 6.39. The Labute approximate surface area is 161 Å². The highest BCUT2D eigenvalue weighted by Gasteiger charge is 2.30. The molecule has 2 aromatic carbocycles. The second kappa shape index (κ2) is 9.25. The van der Waals surface area contributed by atoms with Crippen LogP contribution >= 0.6 is 0 Å². The third-order valence-corrected chi connectivity index (χ3v) is 4.06. The van der Waals surface area contributed by atoms with Crippen molar-refractivity contribution in [2.45, 2.75) is 19.0 Å². The number of hydrogen-bond acceptors (Lipinski definition) is 3. The highest BCUT2D eigenvalue weighted by atomic mass is 19.4. The molecule has 0 heterocycles. The number of hydrogen-bond donors (Lipinski definition) is 2. The molecule has 2 amide bonds. The molecule has 0 atom stereocenters. The van der Waals surface area contributed by atoms with E-state index in [1.807, 2.05) is 43.3 Å². The van der Waals surface area contributed by atoms with Gasteiger partial charge in [-0.15, -0.1) is 0 Å². The lowest BCUT2D eigenvalue weighted by Gasteiger charge is -2.12. The van der Waals surface area contributed by atoms with E-state index in [1.165, 1.54) is 0 Å². The number of anilines is 2. The van der Waals surface area contributed by atoms with E-state index in [0.29, 0.717) is 13.0 Å². The summed E-state index contributed by atoms with van der Waals surface area (Å²) in [7, 11) is 3.92. The van der Waals surface area contributed by atoms with Gasteiger partial charge in [0.2, 0.25) is 0 Å². The van der Waals surface area contributed by atoms with Crippen LogP contribution in [-0.2, 0) is 22.2 Å². The molecule has 0 saturated heterocycles. The van der Waals surface area contributed by atoms with Crippen LogP contribution in [0.1, 0.15) is 17.5 Å². The number of carbonyl (C=O) groups is 2. The Morgan fingerprint density at radius 3 is 2.07 bits per heavy atom. The van der Waals surface area contributed by atoms with E-state index in [1.54, 1.807) is 0 Å². The van der Waals surface area contributed by atoms with Crippen molar-refractivity contribution in [2.24, 2.45) is 0 Å². The summed E-state index contributed by atoms with van der Waals surface area (Å²) in [5.41, 5.74) is 1.51. The van der Waals surface area contributed by atoms with Gasteiger partial charge in [0.05, 0.1) is 5.56 Å². The van der Waals surface area contributed by atoms with Crippen molar-refractivity contribution in [3.05, 3.63) is 59.7 Å². The molecule has 0 aliphatic heterocycles. The summed E-state index contributed by atoms with van der Waals surface area (Å²) in [6.45, 7) is 0.314. The lowest BCUT2D eigenvalue weighted by Crippen LogP contribution is -2.36. The van der Waals surface area contributed by atoms with E-state index in [4.69, 9.17) is 0 Å². The number of nitrogens with zero attached hydrogens (tertiary/aromatic N) is 1. The fourth-order valence-corrected chi connectivity index (χ4v) is 2.47. The number of aryl methyl sites for hydroxylation is 1. The molecular weight excluding hydrogens is 371 g/mol. The van der Waals surface area contributed by atoms with Crippen LogP contribution in [0, 0.1) is 0 Å². The van der Waals surface area contributed by atoms with Crippen molar-refractivity contribution in [2.75, 3.05) is 30.9 Å². The average molecular weight is 393 g/mol. The molecule has 0 fully saturated rings. The molecule has 2 rings (SSSR count). The SMILES string of the molecule is CN(C)c1ccc(CCCNC(=O)C(=O)Nc2ccc(C(F)(F)F)cc2)cc1. The average Bonchev–Trinajstić information content (AvgIpc) is 2.65. The van der Waals surface area contributed by atoms with Gasteiger partial charge in [0.1, 0.15) is 0 Å². The van der Waals surface area contributed by atoms with Gasteiger partial charge in [-0.2, -0.15) is 13.2 Å². The second-order valence-corrected chi connectivity index (χ2v) is 6.45. The molecule has 150 valence electrons. The molecule has 0 spiro atoms. The lowest BCUT2D eigenvalue weighted by molar-refractivity contribution is -0.137. The maximum absolute atomic E-state index is 12.5. The minimum atomic E-state index is -4.45. The Morgan fingerprint density at radius 1 is 0.929 bits per heavy atom. The van der Waals surface area contributed by atoms with Crippen LogP contribution in [0.25, 0.3) is 0 Å². The van der Waals surface area contributed by atoms with E-state index >= 15 is 0 Å². The molecule has 28 heavy (non-hydrogen) atoms. The fraction of sp³-hybridized carbons (Fsp3) is 0.300. The van der Waals surface area contributed by atoms with Crippen LogP contribution in [0.4, 0.5) is 24.5 Å². The van der Waals surface area contributed by atoms with Crippen molar-refractivity contribution in [1.82, 2.24) is 5.32 Å². The first-order chi connectivity index (χ1) is 13.2. The summed E-state index contributed by atoms with van der Waals surface area (Å²) in [6, 6.07) is 11.9. The van der Waals surface area contributed by atoms with Gasteiger partial charge < -0.3 is 15.5 Å². The normalized spacial score (nSPS) is 11.0. The predicted molar refractivity (Wildman–Crippen MR) is 102 cm³/mol. The Bertz CT molecular complexity index is 801. The largest absolute Gasteiger partial charge is 0.416 e. The molecule has 8 heteroatoms. The van der Waals surface area contributed by atoms with Crippen molar-refractivity contribution in [3.63, 3.8) is 0 Å². The molecule has 0 unspecified atom stereocenters. The standard InChI is InChI=1S/C20H22F3N3O2/c1-26(2)17-11-5-14(6-12-17)4-3-13-24-18(27)19(28)25-16-9-7-15(8-10-16)20(21,22)23/h5-12H,3-4,13H2,1-2H3,(H,24,27)(H,25,28). The minimum absolute atomic E-state index is 0.120. The summed E-state index contributed by atoms with van der Waals surface area (Å²) in [4.78, 5) is 25.6. The maximum Gasteiger partial charge on any atom is 0.416 e. The number of halogens is 3. The van der Waals surface area contributed by atoms with E-state index in [-0.39, 0.29) is 5.69 Å². The van der Waals surface area contributed by atoms with Crippen molar-refractivity contribution in [1.29, 1.82) is 0 Å². The zero-order valence-corrected chi connectivity index (χ0v) is 15.6. The van der Waals surface area contributed by atoms with Gasteiger partial charge >= 0.3 is 18.0 Å². The minimum Gasteiger partial charge on any atom is -0.378 e. The summed E-state index contributed by atoms with van der Waals surface area (Å²) in [5, 5.41) is 4.77. The summed E-state index contributed by atoms with van der Waals surface area (Å²) >= 11 is 0. The number of nitrogens with one attached hydrogen (secondary N) is 2. The number of benzene rings is 2. The quantitative estimate of drug-likeness (QED) is 0.584. The number of alkyl halides is 3. The molecule has 0 bridgehead atoms. The molecular formula is C20H22F3N3O2. The molecule has 0 aliphatic rings. The fourth-order valence-electron chi connectivity index (χ4n) is 2.47. The van der Waals surface area contributed by atoms with Gasteiger partial charge in [-0.05, 0) is 54.8 Å². The van der Waals surface area contributed by atoms with Crippen LogP contribution in [-0.4, -0.2) is 32.5 Å². The van der Waals surface area contributed by atoms with Crippen LogP contribution in [0.2, 0.25) is 0 Å². The van der Waals surface area contributed by atoms with E-state index in [2.05, 4.69) is 10.6 Å². The van der Waals surface area contributed by atoms with E-state index in [0.717, 1.165) is 41.9 Å². The summed E-state index contributed by atoms with van der Waals surface area (Å²) < 4.78 is 37.5. The first kappa shape index (κ1) is 21.3. The summed E-state index contributed by atoms with van der Waals surface area (Å²) in [6.07, 6.45) is -3.05. The van der Waals surface area contributed by atoms with Crippen LogP contribution in [0.3, 0.4) is 0 Å². The van der Waals surface area contributed by atoms with Gasteiger partial charge in [-0.3, -0.25) is 9.59 Å². The monoisotopic (exact) mass is 393 g/mol. The molecule has 2 N–H and O–H groups in total. The lowest BCUT2D eigenvalue weighted by atomic mass is 10.1. The van der Waals surface area contributed by atoms with Gasteiger partial charge in [-0.1, -0.05) is 12.1 Å². The first-order valence-electron chi connectivity index (χ1n) is 8.69. The van der Waals surface area contributed by atoms with Gasteiger partial charge in [0.15, 0.2) is 0 Å². The zero-order chi connectivity index (χ0) is 20.7. The van der Waals surface area contributed by atoms with Crippen LogP contribution in [0.15, 0.2) is 48.5 Å². The Morgan fingerprint density at radius 2 is 1.54 bits per heavy atom. The zero-order valence-electron chi connectivity index (χ0n) is 15.6. The highest BCUT2D eigenvalue weighted by Crippen LogP contribution is 2.29. The first-order valence-corrected chi connectivity index (χ1v) is 8.69. The van der Waals surface area contributed by atoms with Gasteiger partial charge in [-0.25, -0.2) is 0 Å². The molecule has 0 aromatic heterocycles. The van der Waals surface area contributed by atoms with Crippen molar-refractivity contribution >= 4 is 23.2 Å². The second-order valence-electron chi connectivity index (χ2n) is 6.45. The van der Waals surface area contributed by atoms with Gasteiger partial charge in [0.25, 0.3) is 0 Å². The smallest absolute Gasteiger partial charge is 0.378 e. The number of carbonyl (C=O) groups excluding carboxylic acids is 2. The van der Waals surface area contributed by atoms with E-state index in [9.17, 15) is 22.8 Å². The Kier molecular flexibility index (Phi) is 7.03. The molecule has 2 aromatic rings. The third-order valence-electron chi connectivity index (χ3n) is 4.06. The van der Waals surface area contributed by atoms with Crippen molar-refractivity contribution < 1.29 is 22.8 Å². The Hall–Kier alpha value is -3.03. The maximum atomic E-state index is 12.5. The Balaban J connectivity index is 1.74. The third kappa shape index (κ3) is 6.29. The summed E-state index contributed by atoms with van der Waals surface area (Å²) in [5.74, 6) is -1.75. The van der Waals surface area contributed by atoms with Crippen LogP contribution < -0.4 is 15.5 Å². The van der Waals surface area contributed by atoms with Crippen LogP contribution in [0.5, 0.6) is 0 Å². The molecule has 5 nitrogen and oxygen atoms in total. The number of rotatable bonds is 6. The molecule has 0 radical (unpaired) electrons. The topological polar surface area (TPSA) is 61.4 Å².